The Morgan fingerprint density at radius 2 is 1.71 bits per heavy atom. The Morgan fingerprint density at radius 1 is 1.06 bits per heavy atom. The molecule has 0 aromatic heterocycles. The third kappa shape index (κ3) is 4.39. The number of carbonyl (C=O) groups is 2. The fourth-order valence-corrected chi connectivity index (χ4v) is 3.55. The molecule has 1 unspecified atom stereocenters. The van der Waals surface area contributed by atoms with E-state index in [0.29, 0.717) is 29.2 Å². The van der Waals surface area contributed by atoms with Crippen LogP contribution in [-0.2, 0) is 9.59 Å². The number of ketones is 1. The van der Waals surface area contributed by atoms with Gasteiger partial charge in [-0.2, -0.15) is 0 Å². The van der Waals surface area contributed by atoms with Crippen molar-refractivity contribution < 1.29 is 28.6 Å². The Bertz CT molecular complexity index is 1020. The lowest BCUT2D eigenvalue weighted by Gasteiger charge is -2.26. The first-order valence-electron chi connectivity index (χ1n) is 9.69. The number of likely N-dealkylation sites (tertiary alicyclic amines) is 1. The number of benzene rings is 2. The van der Waals surface area contributed by atoms with Gasteiger partial charge in [0.25, 0.3) is 11.7 Å². The second-order valence-electron chi connectivity index (χ2n) is 7.42. The van der Waals surface area contributed by atoms with Crippen molar-refractivity contribution in [2.24, 2.45) is 0 Å². The van der Waals surface area contributed by atoms with Crippen LogP contribution in [0.5, 0.6) is 11.5 Å². The summed E-state index contributed by atoms with van der Waals surface area (Å²) in [4.78, 5) is 29.1. The monoisotopic (exact) mass is 428 g/mol. The van der Waals surface area contributed by atoms with Crippen LogP contribution in [0.1, 0.15) is 17.2 Å². The van der Waals surface area contributed by atoms with Gasteiger partial charge in [0.1, 0.15) is 11.6 Å². The van der Waals surface area contributed by atoms with Gasteiger partial charge in [-0.1, -0.05) is 12.1 Å². The SMILES string of the molecule is COc1ccc(/C(O)=C2/C(=O)C(=O)N(CCN(C)C)C2c2ccc(F)cc2)cc1OC. The lowest BCUT2D eigenvalue weighted by atomic mass is 9.95. The van der Waals surface area contributed by atoms with Crippen LogP contribution in [0.4, 0.5) is 4.39 Å². The number of aliphatic hydroxyl groups excluding tert-OH is 1. The van der Waals surface area contributed by atoms with Crippen molar-refractivity contribution in [3.63, 3.8) is 0 Å². The molecule has 1 N–H and O–H groups in total. The molecule has 0 radical (unpaired) electrons. The number of hydrogen-bond donors (Lipinski definition) is 1. The highest BCUT2D eigenvalue weighted by atomic mass is 19.1. The Morgan fingerprint density at radius 3 is 2.29 bits per heavy atom. The summed E-state index contributed by atoms with van der Waals surface area (Å²) in [5.74, 6) is -1.44. The van der Waals surface area contributed by atoms with Crippen LogP contribution in [0.15, 0.2) is 48.0 Å². The lowest BCUT2D eigenvalue weighted by molar-refractivity contribution is -0.140. The van der Waals surface area contributed by atoms with Crippen molar-refractivity contribution in [1.82, 2.24) is 9.80 Å². The molecule has 7 nitrogen and oxygen atoms in total. The van der Waals surface area contributed by atoms with Crippen LogP contribution in [0.2, 0.25) is 0 Å². The van der Waals surface area contributed by atoms with E-state index < -0.39 is 23.5 Å². The standard InChI is InChI=1S/C23H25FN2O5/c1-25(2)11-12-26-20(14-5-8-16(24)9-6-14)19(22(28)23(26)29)21(27)15-7-10-17(30-3)18(13-15)31-4/h5-10,13,20,27H,11-12H2,1-4H3/b21-19-. The largest absolute Gasteiger partial charge is 0.507 e. The summed E-state index contributed by atoms with van der Waals surface area (Å²) in [6.45, 7) is 0.781. The number of carbonyl (C=O) groups excluding carboxylic acids is 2. The molecule has 1 atom stereocenters. The number of halogens is 1. The molecular weight excluding hydrogens is 403 g/mol. The molecule has 0 bridgehead atoms. The fraction of sp³-hybridized carbons (Fsp3) is 0.304. The Kier molecular flexibility index (Phi) is 6.60. The van der Waals surface area contributed by atoms with Crippen molar-refractivity contribution >= 4 is 17.4 Å². The first-order valence-corrected chi connectivity index (χ1v) is 9.69. The number of methoxy groups -OCH3 is 2. The Balaban J connectivity index is 2.15. The zero-order valence-corrected chi connectivity index (χ0v) is 17.9. The predicted molar refractivity (Wildman–Crippen MR) is 114 cm³/mol. The van der Waals surface area contributed by atoms with Gasteiger partial charge in [0.15, 0.2) is 11.5 Å². The molecular formula is C23H25FN2O5. The maximum atomic E-state index is 13.5. The van der Waals surface area contributed by atoms with Gasteiger partial charge in [-0.05, 0) is 50.0 Å². The van der Waals surface area contributed by atoms with E-state index in [4.69, 9.17) is 9.47 Å². The molecule has 3 rings (SSSR count). The number of rotatable bonds is 7. The second-order valence-corrected chi connectivity index (χ2v) is 7.42. The topological polar surface area (TPSA) is 79.3 Å². The highest BCUT2D eigenvalue weighted by Crippen LogP contribution is 2.40. The minimum absolute atomic E-state index is 0.0532. The quantitative estimate of drug-likeness (QED) is 0.415. The van der Waals surface area contributed by atoms with Crippen LogP contribution in [-0.4, -0.2) is 68.0 Å². The molecule has 0 aliphatic carbocycles. The van der Waals surface area contributed by atoms with Gasteiger partial charge < -0.3 is 24.4 Å². The summed E-state index contributed by atoms with van der Waals surface area (Å²) in [6.07, 6.45) is 0. The van der Waals surface area contributed by atoms with E-state index in [1.807, 2.05) is 19.0 Å². The number of ether oxygens (including phenoxy) is 2. The summed E-state index contributed by atoms with van der Waals surface area (Å²) in [7, 11) is 6.66. The van der Waals surface area contributed by atoms with Crippen LogP contribution >= 0.6 is 0 Å². The molecule has 0 saturated carbocycles. The van der Waals surface area contributed by atoms with E-state index in [9.17, 15) is 19.1 Å². The fourth-order valence-electron chi connectivity index (χ4n) is 3.55. The van der Waals surface area contributed by atoms with E-state index in [1.165, 1.54) is 49.5 Å². The smallest absolute Gasteiger partial charge is 0.295 e. The molecule has 1 saturated heterocycles. The summed E-state index contributed by atoms with van der Waals surface area (Å²) >= 11 is 0. The van der Waals surface area contributed by atoms with Crippen molar-refractivity contribution in [3.8, 4) is 11.5 Å². The zero-order valence-electron chi connectivity index (χ0n) is 17.9. The summed E-state index contributed by atoms with van der Waals surface area (Å²) in [5.41, 5.74) is 0.777. The normalized spacial score (nSPS) is 18.0. The number of Topliss-reactive ketones (excluding diaryl/α,β-unsaturated/α-hetero) is 1. The molecule has 1 amide bonds. The van der Waals surface area contributed by atoms with Crippen molar-refractivity contribution in [1.29, 1.82) is 0 Å². The van der Waals surface area contributed by atoms with Crippen molar-refractivity contribution in [3.05, 3.63) is 65.0 Å². The maximum absolute atomic E-state index is 13.5. The van der Waals surface area contributed by atoms with Crippen LogP contribution in [0, 0.1) is 5.82 Å². The molecule has 1 heterocycles. The third-order valence-electron chi connectivity index (χ3n) is 5.17. The summed E-state index contributed by atoms with van der Waals surface area (Å²) in [5, 5.41) is 11.1. The van der Waals surface area contributed by atoms with E-state index in [2.05, 4.69) is 0 Å². The average Bonchev–Trinajstić information content (AvgIpc) is 3.01. The molecule has 1 aliphatic heterocycles. The molecule has 1 aliphatic rings. The van der Waals surface area contributed by atoms with E-state index in [-0.39, 0.29) is 17.9 Å². The summed E-state index contributed by atoms with van der Waals surface area (Å²) < 4.78 is 24.0. The number of hydrogen-bond acceptors (Lipinski definition) is 6. The van der Waals surface area contributed by atoms with Crippen LogP contribution in [0.3, 0.4) is 0 Å². The first kappa shape index (κ1) is 22.3. The molecule has 164 valence electrons. The number of nitrogens with zero attached hydrogens (tertiary/aromatic N) is 2. The second kappa shape index (κ2) is 9.18. The molecule has 1 fully saturated rings. The van der Waals surface area contributed by atoms with E-state index >= 15 is 0 Å². The lowest BCUT2D eigenvalue weighted by Crippen LogP contribution is -2.35. The molecule has 2 aromatic rings. The van der Waals surface area contributed by atoms with Crippen LogP contribution < -0.4 is 9.47 Å². The van der Waals surface area contributed by atoms with Crippen LogP contribution in [0.25, 0.3) is 5.76 Å². The van der Waals surface area contributed by atoms with Gasteiger partial charge in [-0.25, -0.2) is 4.39 Å². The van der Waals surface area contributed by atoms with Crippen molar-refractivity contribution in [2.45, 2.75) is 6.04 Å². The maximum Gasteiger partial charge on any atom is 0.295 e. The van der Waals surface area contributed by atoms with Crippen molar-refractivity contribution in [2.75, 3.05) is 41.4 Å². The molecule has 8 heteroatoms. The molecule has 2 aromatic carbocycles. The van der Waals surface area contributed by atoms with Gasteiger partial charge >= 0.3 is 0 Å². The highest BCUT2D eigenvalue weighted by molar-refractivity contribution is 6.46. The number of amides is 1. The Labute approximate surface area is 180 Å². The van der Waals surface area contributed by atoms with Gasteiger partial charge in [-0.3, -0.25) is 9.59 Å². The van der Waals surface area contributed by atoms with E-state index in [0.717, 1.165) is 0 Å². The van der Waals surface area contributed by atoms with Gasteiger partial charge in [0.05, 0.1) is 25.8 Å². The minimum atomic E-state index is -0.839. The van der Waals surface area contributed by atoms with Gasteiger partial charge in [0, 0.05) is 18.7 Å². The zero-order chi connectivity index (χ0) is 22.7. The third-order valence-corrected chi connectivity index (χ3v) is 5.17. The molecule has 0 spiro atoms. The summed E-state index contributed by atoms with van der Waals surface area (Å²) in [6, 6.07) is 9.41. The van der Waals surface area contributed by atoms with E-state index in [1.54, 1.807) is 12.1 Å². The first-order chi connectivity index (χ1) is 14.8. The number of likely N-dealkylation sites (N-methyl/N-ethyl adjacent to an activating group) is 1. The average molecular weight is 428 g/mol. The predicted octanol–water partition coefficient (Wildman–Crippen LogP) is 2.83. The van der Waals surface area contributed by atoms with Gasteiger partial charge in [0.2, 0.25) is 0 Å². The highest BCUT2D eigenvalue weighted by Gasteiger charge is 2.45. The number of aliphatic hydroxyl groups is 1. The minimum Gasteiger partial charge on any atom is -0.507 e. The van der Waals surface area contributed by atoms with Gasteiger partial charge in [-0.15, -0.1) is 0 Å². The molecule has 31 heavy (non-hydrogen) atoms. The Hall–Kier alpha value is -3.39.